The maximum absolute atomic E-state index is 13.1. The van der Waals surface area contributed by atoms with E-state index < -0.39 is 6.17 Å². The Bertz CT molecular complexity index is 205. The molecule has 1 unspecified atom stereocenters. The molecule has 0 radical (unpaired) electrons. The summed E-state index contributed by atoms with van der Waals surface area (Å²) in [6.45, 7) is 6.44. The van der Waals surface area contributed by atoms with Gasteiger partial charge in [0.1, 0.15) is 6.17 Å². The minimum atomic E-state index is -0.647. The fourth-order valence-corrected chi connectivity index (χ4v) is 2.11. The van der Waals surface area contributed by atoms with Crippen LogP contribution in [-0.4, -0.2) is 31.2 Å². The van der Waals surface area contributed by atoms with Crippen LogP contribution in [0.3, 0.4) is 0 Å². The van der Waals surface area contributed by atoms with Crippen molar-refractivity contribution in [1.82, 2.24) is 4.90 Å². The van der Waals surface area contributed by atoms with Crippen molar-refractivity contribution < 1.29 is 4.39 Å². The molecule has 88 valence electrons. The van der Waals surface area contributed by atoms with Gasteiger partial charge in [0, 0.05) is 0 Å². The normalized spacial score (nSPS) is 23.1. The van der Waals surface area contributed by atoms with Crippen molar-refractivity contribution in [3.05, 3.63) is 11.6 Å². The molecule has 1 fully saturated rings. The lowest BCUT2D eigenvalue weighted by Crippen LogP contribution is -2.30. The van der Waals surface area contributed by atoms with Crippen molar-refractivity contribution in [3.63, 3.8) is 0 Å². The molecule has 1 rings (SSSR count). The Kier molecular flexibility index (Phi) is 5.30. The quantitative estimate of drug-likeness (QED) is 0.647. The van der Waals surface area contributed by atoms with Crippen LogP contribution in [-0.2, 0) is 0 Å². The van der Waals surface area contributed by atoms with Gasteiger partial charge in [-0.3, -0.25) is 0 Å². The predicted octanol–water partition coefficient (Wildman–Crippen LogP) is 3.41. The summed E-state index contributed by atoms with van der Waals surface area (Å²) in [6.07, 6.45) is 5.19. The van der Waals surface area contributed by atoms with E-state index in [1.807, 2.05) is 6.92 Å². The topological polar surface area (TPSA) is 3.24 Å². The molecule has 0 saturated carbocycles. The molecule has 1 saturated heterocycles. The van der Waals surface area contributed by atoms with Gasteiger partial charge in [-0.1, -0.05) is 18.6 Å². The standard InChI is InChI=1S/C13H24FN/c1-4-13(14)6-5-11(2)12-7-9-15(3)10-8-12/h5,12-13H,4,6-10H2,1-3H3/b11-5+. The Labute approximate surface area is 93.3 Å². The summed E-state index contributed by atoms with van der Waals surface area (Å²) in [5.74, 6) is 0.699. The Morgan fingerprint density at radius 2 is 2.07 bits per heavy atom. The second-order valence-electron chi connectivity index (χ2n) is 4.77. The SMILES string of the molecule is CCC(F)C/C=C(\C)C1CCN(C)CC1. The number of alkyl halides is 1. The van der Waals surface area contributed by atoms with E-state index in [1.54, 1.807) is 0 Å². The van der Waals surface area contributed by atoms with E-state index in [2.05, 4.69) is 24.9 Å². The lowest BCUT2D eigenvalue weighted by molar-refractivity contribution is 0.237. The van der Waals surface area contributed by atoms with Crippen LogP contribution >= 0.6 is 0 Å². The lowest BCUT2D eigenvalue weighted by atomic mass is 9.89. The Hall–Kier alpha value is -0.370. The average Bonchev–Trinajstić information content (AvgIpc) is 2.26. The van der Waals surface area contributed by atoms with Gasteiger partial charge in [-0.15, -0.1) is 0 Å². The maximum Gasteiger partial charge on any atom is 0.103 e. The van der Waals surface area contributed by atoms with Crippen molar-refractivity contribution in [1.29, 1.82) is 0 Å². The van der Waals surface area contributed by atoms with E-state index in [1.165, 1.54) is 31.5 Å². The molecular weight excluding hydrogens is 189 g/mol. The highest BCUT2D eigenvalue weighted by Gasteiger charge is 2.17. The first-order valence-corrected chi connectivity index (χ1v) is 6.12. The van der Waals surface area contributed by atoms with E-state index in [9.17, 15) is 4.39 Å². The zero-order valence-corrected chi connectivity index (χ0v) is 10.3. The summed E-state index contributed by atoms with van der Waals surface area (Å²) < 4.78 is 13.1. The van der Waals surface area contributed by atoms with Crippen molar-refractivity contribution in [2.24, 2.45) is 5.92 Å². The summed E-state index contributed by atoms with van der Waals surface area (Å²) in [4.78, 5) is 2.37. The van der Waals surface area contributed by atoms with Crippen LogP contribution in [0.15, 0.2) is 11.6 Å². The van der Waals surface area contributed by atoms with Crippen LogP contribution in [0.2, 0.25) is 0 Å². The molecule has 0 aliphatic carbocycles. The van der Waals surface area contributed by atoms with Gasteiger partial charge in [0.2, 0.25) is 0 Å². The number of nitrogens with zero attached hydrogens (tertiary/aromatic N) is 1. The number of halogens is 1. The summed E-state index contributed by atoms with van der Waals surface area (Å²) in [7, 11) is 2.17. The molecule has 1 atom stereocenters. The minimum Gasteiger partial charge on any atom is -0.306 e. The molecule has 15 heavy (non-hydrogen) atoms. The van der Waals surface area contributed by atoms with E-state index in [0.717, 1.165) is 0 Å². The summed E-state index contributed by atoms with van der Waals surface area (Å²) >= 11 is 0. The van der Waals surface area contributed by atoms with Crippen molar-refractivity contribution in [3.8, 4) is 0 Å². The van der Waals surface area contributed by atoms with Gasteiger partial charge < -0.3 is 4.90 Å². The molecular formula is C13H24FN. The van der Waals surface area contributed by atoms with Crippen LogP contribution in [0.5, 0.6) is 0 Å². The van der Waals surface area contributed by atoms with E-state index >= 15 is 0 Å². The molecule has 0 bridgehead atoms. The smallest absolute Gasteiger partial charge is 0.103 e. The molecule has 2 heteroatoms. The second-order valence-corrected chi connectivity index (χ2v) is 4.77. The highest BCUT2D eigenvalue weighted by atomic mass is 19.1. The summed E-state index contributed by atoms with van der Waals surface area (Å²) in [6, 6.07) is 0. The highest BCUT2D eigenvalue weighted by molar-refractivity contribution is 5.05. The number of likely N-dealkylation sites (tertiary alicyclic amines) is 1. The first-order chi connectivity index (χ1) is 7.13. The van der Waals surface area contributed by atoms with Crippen LogP contribution in [0.1, 0.15) is 39.5 Å². The number of piperidine rings is 1. The molecule has 1 nitrogen and oxygen atoms in total. The molecule has 0 spiro atoms. The Morgan fingerprint density at radius 3 is 2.60 bits per heavy atom. The zero-order chi connectivity index (χ0) is 11.3. The maximum atomic E-state index is 13.1. The Morgan fingerprint density at radius 1 is 1.47 bits per heavy atom. The van der Waals surface area contributed by atoms with Crippen LogP contribution in [0.4, 0.5) is 4.39 Å². The fourth-order valence-electron chi connectivity index (χ4n) is 2.11. The van der Waals surface area contributed by atoms with Gasteiger partial charge >= 0.3 is 0 Å². The van der Waals surface area contributed by atoms with Gasteiger partial charge in [0.25, 0.3) is 0 Å². The summed E-state index contributed by atoms with van der Waals surface area (Å²) in [5, 5.41) is 0. The van der Waals surface area contributed by atoms with Gasteiger partial charge in [0.05, 0.1) is 0 Å². The molecule has 0 aromatic carbocycles. The van der Waals surface area contributed by atoms with Crippen LogP contribution in [0.25, 0.3) is 0 Å². The zero-order valence-electron chi connectivity index (χ0n) is 10.3. The minimum absolute atomic E-state index is 0.606. The first-order valence-electron chi connectivity index (χ1n) is 6.12. The van der Waals surface area contributed by atoms with Crippen molar-refractivity contribution in [2.75, 3.05) is 20.1 Å². The molecule has 1 aliphatic rings. The lowest BCUT2D eigenvalue weighted by Gasteiger charge is -2.29. The van der Waals surface area contributed by atoms with Crippen molar-refractivity contribution >= 4 is 0 Å². The van der Waals surface area contributed by atoms with E-state index in [4.69, 9.17) is 0 Å². The third-order valence-corrected chi connectivity index (χ3v) is 3.50. The number of hydrogen-bond donors (Lipinski definition) is 0. The van der Waals surface area contributed by atoms with E-state index in [0.29, 0.717) is 18.8 Å². The average molecular weight is 213 g/mol. The number of rotatable bonds is 4. The van der Waals surface area contributed by atoms with Crippen LogP contribution < -0.4 is 0 Å². The highest BCUT2D eigenvalue weighted by Crippen LogP contribution is 2.24. The molecule has 0 amide bonds. The first kappa shape index (κ1) is 12.7. The fraction of sp³-hybridized carbons (Fsp3) is 0.846. The van der Waals surface area contributed by atoms with E-state index in [-0.39, 0.29) is 0 Å². The third-order valence-electron chi connectivity index (χ3n) is 3.50. The van der Waals surface area contributed by atoms with Gasteiger partial charge in [-0.25, -0.2) is 4.39 Å². The number of hydrogen-bond acceptors (Lipinski definition) is 1. The molecule has 1 aliphatic heterocycles. The molecule has 0 aromatic rings. The summed E-state index contributed by atoms with van der Waals surface area (Å²) in [5.41, 5.74) is 1.40. The number of allylic oxidation sites excluding steroid dienone is 2. The largest absolute Gasteiger partial charge is 0.306 e. The Balaban J connectivity index is 2.35. The van der Waals surface area contributed by atoms with Gasteiger partial charge in [-0.2, -0.15) is 0 Å². The molecule has 0 N–H and O–H groups in total. The van der Waals surface area contributed by atoms with Gasteiger partial charge in [-0.05, 0) is 58.7 Å². The molecule has 0 aromatic heterocycles. The monoisotopic (exact) mass is 213 g/mol. The third kappa shape index (κ3) is 4.33. The van der Waals surface area contributed by atoms with Crippen molar-refractivity contribution in [2.45, 2.75) is 45.7 Å². The van der Waals surface area contributed by atoms with Crippen LogP contribution in [0, 0.1) is 5.92 Å². The predicted molar refractivity (Wildman–Crippen MR) is 63.8 cm³/mol. The second kappa shape index (κ2) is 6.26. The molecule has 1 heterocycles. The van der Waals surface area contributed by atoms with Gasteiger partial charge in [0.15, 0.2) is 0 Å².